The van der Waals surface area contributed by atoms with Crippen molar-refractivity contribution in [2.45, 2.75) is 12.5 Å². The molecule has 1 aromatic carbocycles. The minimum Gasteiger partial charge on any atom is -0.480 e. The van der Waals surface area contributed by atoms with E-state index in [1.54, 1.807) is 0 Å². The second-order valence-electron chi connectivity index (χ2n) is 3.78. The number of hydrogen-bond acceptors (Lipinski definition) is 4. The summed E-state index contributed by atoms with van der Waals surface area (Å²) in [6.07, 6.45) is 1.30. The summed E-state index contributed by atoms with van der Waals surface area (Å²) in [6.45, 7) is 3.38. The Morgan fingerprint density at radius 3 is 2.70 bits per heavy atom. The van der Waals surface area contributed by atoms with Crippen molar-refractivity contribution in [2.75, 3.05) is 0 Å². The van der Waals surface area contributed by atoms with Crippen molar-refractivity contribution in [2.24, 2.45) is 0 Å². The number of halogens is 1. The summed E-state index contributed by atoms with van der Waals surface area (Å²) in [5.41, 5.74) is -0.854. The van der Waals surface area contributed by atoms with Gasteiger partial charge in [0.05, 0.1) is 9.95 Å². The van der Waals surface area contributed by atoms with Gasteiger partial charge in [-0.05, 0) is 12.5 Å². The van der Waals surface area contributed by atoms with Gasteiger partial charge < -0.3 is 10.4 Å². The third kappa shape index (κ3) is 3.55. The molecule has 1 rings (SSSR count). The number of aliphatic carboxylic acids is 1. The molecule has 0 aliphatic carbocycles. The van der Waals surface area contributed by atoms with Crippen LogP contribution in [0.5, 0.6) is 0 Å². The number of carbonyl (C=O) groups excluding carboxylic acids is 1. The van der Waals surface area contributed by atoms with Gasteiger partial charge in [0.1, 0.15) is 11.6 Å². The van der Waals surface area contributed by atoms with E-state index in [1.807, 2.05) is 0 Å². The first-order valence-electron chi connectivity index (χ1n) is 5.46. The highest BCUT2D eigenvalue weighted by atomic mass is 35.5. The van der Waals surface area contributed by atoms with E-state index in [-0.39, 0.29) is 17.0 Å². The molecule has 0 aromatic heterocycles. The lowest BCUT2D eigenvalue weighted by Crippen LogP contribution is -2.40. The van der Waals surface area contributed by atoms with Gasteiger partial charge in [0.15, 0.2) is 0 Å². The van der Waals surface area contributed by atoms with Gasteiger partial charge in [-0.3, -0.25) is 14.9 Å². The molecule has 20 heavy (non-hydrogen) atoms. The predicted molar refractivity (Wildman–Crippen MR) is 71.8 cm³/mol. The van der Waals surface area contributed by atoms with Gasteiger partial charge in [0.2, 0.25) is 0 Å². The molecular weight excluding hydrogens is 288 g/mol. The van der Waals surface area contributed by atoms with E-state index in [0.29, 0.717) is 0 Å². The van der Waals surface area contributed by atoms with Crippen LogP contribution in [0.15, 0.2) is 30.9 Å². The van der Waals surface area contributed by atoms with Crippen LogP contribution in [0.2, 0.25) is 5.02 Å². The smallest absolute Gasteiger partial charge is 0.326 e. The summed E-state index contributed by atoms with van der Waals surface area (Å²) in [4.78, 5) is 33.0. The van der Waals surface area contributed by atoms with E-state index in [0.717, 1.165) is 6.07 Å². The van der Waals surface area contributed by atoms with Gasteiger partial charge in [0.25, 0.3) is 11.6 Å². The molecular formula is C12H11ClN2O5. The summed E-state index contributed by atoms with van der Waals surface area (Å²) >= 11 is 5.78. The maximum Gasteiger partial charge on any atom is 0.326 e. The minimum absolute atomic E-state index is 0.0146. The Morgan fingerprint density at radius 1 is 1.55 bits per heavy atom. The molecule has 8 heteroatoms. The van der Waals surface area contributed by atoms with Crippen molar-refractivity contribution in [1.82, 2.24) is 5.32 Å². The van der Waals surface area contributed by atoms with Gasteiger partial charge in [-0.2, -0.15) is 0 Å². The molecule has 2 N–H and O–H groups in total. The number of carboxylic acids is 1. The highest BCUT2D eigenvalue weighted by Gasteiger charge is 2.26. The average Bonchev–Trinajstić information content (AvgIpc) is 2.37. The third-order valence-electron chi connectivity index (χ3n) is 2.42. The number of nitro benzene ring substituents is 1. The monoisotopic (exact) mass is 298 g/mol. The molecule has 1 amide bonds. The predicted octanol–water partition coefficient (Wildman–Crippen LogP) is 2.01. The zero-order valence-corrected chi connectivity index (χ0v) is 11.0. The first-order valence-corrected chi connectivity index (χ1v) is 5.83. The van der Waals surface area contributed by atoms with Gasteiger partial charge in [-0.25, -0.2) is 4.79 Å². The Balaban J connectivity index is 3.11. The quantitative estimate of drug-likeness (QED) is 0.474. The van der Waals surface area contributed by atoms with Crippen LogP contribution in [0, 0.1) is 10.1 Å². The third-order valence-corrected chi connectivity index (χ3v) is 2.74. The minimum atomic E-state index is -1.27. The Hall–Kier alpha value is -2.41. The van der Waals surface area contributed by atoms with Crippen LogP contribution in [-0.2, 0) is 4.79 Å². The number of carbonyl (C=O) groups is 2. The fourth-order valence-corrected chi connectivity index (χ4v) is 1.76. The van der Waals surface area contributed by atoms with Crippen LogP contribution >= 0.6 is 11.6 Å². The molecule has 106 valence electrons. The molecule has 0 fully saturated rings. The number of hydrogen-bond donors (Lipinski definition) is 2. The zero-order chi connectivity index (χ0) is 15.3. The molecule has 0 radical (unpaired) electrons. The summed E-state index contributed by atoms with van der Waals surface area (Å²) < 4.78 is 0. The molecule has 0 saturated carbocycles. The van der Waals surface area contributed by atoms with Gasteiger partial charge in [-0.15, -0.1) is 6.58 Å². The van der Waals surface area contributed by atoms with Crippen LogP contribution in [0.1, 0.15) is 16.8 Å². The molecule has 0 spiro atoms. The van der Waals surface area contributed by atoms with Crippen molar-refractivity contribution < 1.29 is 19.6 Å². The van der Waals surface area contributed by atoms with Crippen molar-refractivity contribution in [3.8, 4) is 0 Å². The van der Waals surface area contributed by atoms with E-state index in [2.05, 4.69) is 11.9 Å². The Bertz CT molecular complexity index is 573. The van der Waals surface area contributed by atoms with E-state index in [9.17, 15) is 19.7 Å². The molecule has 1 atom stereocenters. The van der Waals surface area contributed by atoms with Gasteiger partial charge >= 0.3 is 5.97 Å². The van der Waals surface area contributed by atoms with Crippen molar-refractivity contribution in [3.05, 3.63) is 51.6 Å². The van der Waals surface area contributed by atoms with Crippen LogP contribution in [0.25, 0.3) is 0 Å². The van der Waals surface area contributed by atoms with E-state index in [4.69, 9.17) is 16.7 Å². The number of benzene rings is 1. The highest BCUT2D eigenvalue weighted by Crippen LogP contribution is 2.26. The standard InChI is InChI=1S/C12H11ClN2O5/c1-2-4-8(12(17)18)14-11(16)10-7(13)5-3-6-9(10)15(19)20/h2-3,5-6,8H,1,4H2,(H,14,16)(H,17,18). The fourth-order valence-electron chi connectivity index (χ4n) is 1.51. The van der Waals surface area contributed by atoms with Gasteiger partial charge in [0, 0.05) is 6.07 Å². The highest BCUT2D eigenvalue weighted by molar-refractivity contribution is 6.34. The first kappa shape index (κ1) is 15.6. The molecule has 0 aliphatic heterocycles. The van der Waals surface area contributed by atoms with Gasteiger partial charge in [-0.1, -0.05) is 23.7 Å². The molecule has 1 aromatic rings. The molecule has 1 unspecified atom stereocenters. The molecule has 7 nitrogen and oxygen atoms in total. The SMILES string of the molecule is C=CCC(NC(=O)c1c(Cl)cccc1[N+](=O)[O-])C(=O)O. The number of nitro groups is 1. The Kier molecular flexibility index (Phi) is 5.22. The number of rotatable bonds is 6. The van der Waals surface area contributed by atoms with E-state index < -0.39 is 28.5 Å². The van der Waals surface area contributed by atoms with E-state index >= 15 is 0 Å². The largest absolute Gasteiger partial charge is 0.480 e. The first-order chi connectivity index (χ1) is 9.38. The van der Waals surface area contributed by atoms with E-state index in [1.165, 1.54) is 18.2 Å². The van der Waals surface area contributed by atoms with Crippen LogP contribution in [0.4, 0.5) is 5.69 Å². The lowest BCUT2D eigenvalue weighted by atomic mass is 10.1. The fraction of sp³-hybridized carbons (Fsp3) is 0.167. The number of amides is 1. The lowest BCUT2D eigenvalue weighted by molar-refractivity contribution is -0.385. The number of nitrogens with one attached hydrogen (secondary N) is 1. The lowest BCUT2D eigenvalue weighted by Gasteiger charge is -2.13. The number of nitrogens with zero attached hydrogens (tertiary/aromatic N) is 1. The summed E-state index contributed by atoms with van der Waals surface area (Å²) in [5, 5.41) is 21.8. The molecule has 0 bridgehead atoms. The Morgan fingerprint density at radius 2 is 2.20 bits per heavy atom. The maximum absolute atomic E-state index is 12.0. The second kappa shape index (κ2) is 6.67. The van der Waals surface area contributed by atoms with Crippen LogP contribution in [-0.4, -0.2) is 27.9 Å². The second-order valence-corrected chi connectivity index (χ2v) is 4.19. The Labute approximate surface area is 119 Å². The van der Waals surface area contributed by atoms with Crippen molar-refractivity contribution in [1.29, 1.82) is 0 Å². The summed E-state index contributed by atoms with van der Waals surface area (Å²) in [7, 11) is 0. The maximum atomic E-state index is 12.0. The zero-order valence-electron chi connectivity index (χ0n) is 10.2. The summed E-state index contributed by atoms with van der Waals surface area (Å²) in [6, 6.07) is 2.53. The topological polar surface area (TPSA) is 110 Å². The molecule has 0 heterocycles. The molecule has 0 aliphatic rings. The van der Waals surface area contributed by atoms with Crippen LogP contribution in [0.3, 0.4) is 0 Å². The normalized spacial score (nSPS) is 11.4. The average molecular weight is 299 g/mol. The van der Waals surface area contributed by atoms with Crippen LogP contribution < -0.4 is 5.32 Å². The van der Waals surface area contributed by atoms with Crippen molar-refractivity contribution in [3.63, 3.8) is 0 Å². The van der Waals surface area contributed by atoms with Crippen molar-refractivity contribution >= 4 is 29.2 Å². The number of carboxylic acid groups (broad SMARTS) is 1. The molecule has 0 saturated heterocycles. The summed E-state index contributed by atoms with van der Waals surface area (Å²) in [5.74, 6) is -2.19.